The summed E-state index contributed by atoms with van der Waals surface area (Å²) in [5.74, 6) is 0.411. The molecule has 184 valence electrons. The lowest BCUT2D eigenvalue weighted by Crippen LogP contribution is -2.61. The van der Waals surface area contributed by atoms with Crippen molar-refractivity contribution < 1.29 is 24.9 Å². The van der Waals surface area contributed by atoms with Gasteiger partial charge in [-0.3, -0.25) is 14.5 Å². The summed E-state index contributed by atoms with van der Waals surface area (Å²) in [6.45, 7) is 8.80. The van der Waals surface area contributed by atoms with Crippen molar-refractivity contribution in [3.05, 3.63) is 11.6 Å². The maximum absolute atomic E-state index is 13.5. The fourth-order valence-corrected chi connectivity index (χ4v) is 8.44. The molecule has 5 rings (SSSR count). The summed E-state index contributed by atoms with van der Waals surface area (Å²) in [5, 5.41) is 32.8. The summed E-state index contributed by atoms with van der Waals surface area (Å²) < 4.78 is 0. The molecule has 0 aromatic rings. The van der Waals surface area contributed by atoms with Crippen LogP contribution in [-0.2, 0) is 9.59 Å². The van der Waals surface area contributed by atoms with Crippen molar-refractivity contribution in [3.63, 3.8) is 0 Å². The van der Waals surface area contributed by atoms with E-state index in [0.717, 1.165) is 50.3 Å². The molecule has 1 saturated heterocycles. The minimum absolute atomic E-state index is 0.00198. The number of hydrogen-bond donors (Lipinski definition) is 3. The average molecular weight is 460 g/mol. The fraction of sp³-hybridized carbons (Fsp3) is 0.852. The number of nitrogens with zero attached hydrogens (tertiary/aromatic N) is 1. The first kappa shape index (κ1) is 23.7. The van der Waals surface area contributed by atoms with E-state index in [1.165, 1.54) is 0 Å². The number of Topliss-reactive ketones (excluding diaryl/α,β-unsaturated/α-hetero) is 1. The number of carbonyl (C=O) groups is 2. The SMILES string of the molecule is CC1CCN(CC(=O)C2CCC3(O)C4=CC(=O)C5CC(O)C(O)CC5(C)C4CCC23C)CC1. The number of aliphatic hydroxyl groups excluding tert-OH is 2. The molecule has 33 heavy (non-hydrogen) atoms. The van der Waals surface area contributed by atoms with Gasteiger partial charge in [0.15, 0.2) is 11.6 Å². The van der Waals surface area contributed by atoms with Gasteiger partial charge in [-0.2, -0.15) is 0 Å². The van der Waals surface area contributed by atoms with Crippen LogP contribution in [0.5, 0.6) is 0 Å². The summed E-state index contributed by atoms with van der Waals surface area (Å²) in [5.41, 5.74) is -1.39. The van der Waals surface area contributed by atoms with E-state index in [2.05, 4.69) is 25.7 Å². The van der Waals surface area contributed by atoms with E-state index < -0.39 is 28.6 Å². The van der Waals surface area contributed by atoms with Gasteiger partial charge in [-0.1, -0.05) is 20.8 Å². The highest BCUT2D eigenvalue weighted by atomic mass is 16.3. The maximum Gasteiger partial charge on any atom is 0.159 e. The van der Waals surface area contributed by atoms with Crippen LogP contribution in [0, 0.1) is 34.5 Å². The number of carbonyl (C=O) groups excluding carboxylic acids is 2. The monoisotopic (exact) mass is 459 g/mol. The van der Waals surface area contributed by atoms with E-state index in [4.69, 9.17) is 0 Å². The number of piperidine rings is 1. The molecule has 8 atom stereocenters. The Morgan fingerprint density at radius 1 is 1.06 bits per heavy atom. The summed E-state index contributed by atoms with van der Waals surface area (Å²) in [4.78, 5) is 29.0. The van der Waals surface area contributed by atoms with Gasteiger partial charge >= 0.3 is 0 Å². The van der Waals surface area contributed by atoms with E-state index in [1.54, 1.807) is 6.08 Å². The highest BCUT2D eigenvalue weighted by Gasteiger charge is 2.67. The first-order valence-electron chi connectivity index (χ1n) is 13.1. The summed E-state index contributed by atoms with van der Waals surface area (Å²) in [6.07, 6.45) is 5.60. The second-order valence-electron chi connectivity index (χ2n) is 12.5. The van der Waals surface area contributed by atoms with Crippen molar-refractivity contribution >= 4 is 11.6 Å². The van der Waals surface area contributed by atoms with Crippen LogP contribution in [0.3, 0.4) is 0 Å². The molecule has 0 bridgehead atoms. The van der Waals surface area contributed by atoms with Crippen molar-refractivity contribution in [2.45, 2.75) is 89.9 Å². The molecule has 3 saturated carbocycles. The molecule has 1 heterocycles. The van der Waals surface area contributed by atoms with Gasteiger partial charge in [-0.05, 0) is 93.4 Å². The van der Waals surface area contributed by atoms with Gasteiger partial charge in [0, 0.05) is 17.3 Å². The molecule has 0 amide bonds. The zero-order valence-electron chi connectivity index (χ0n) is 20.4. The Morgan fingerprint density at radius 2 is 1.76 bits per heavy atom. The largest absolute Gasteiger partial charge is 0.390 e. The number of rotatable bonds is 3. The lowest BCUT2D eigenvalue weighted by molar-refractivity contribution is -0.154. The molecule has 4 aliphatic carbocycles. The Hall–Kier alpha value is -1.08. The molecular formula is C27H41NO5. The van der Waals surface area contributed by atoms with Gasteiger partial charge in [0.25, 0.3) is 0 Å². The summed E-state index contributed by atoms with van der Waals surface area (Å²) in [7, 11) is 0. The number of hydrogen-bond acceptors (Lipinski definition) is 6. The van der Waals surface area contributed by atoms with Crippen LogP contribution in [0.2, 0.25) is 0 Å². The predicted molar refractivity (Wildman–Crippen MR) is 124 cm³/mol. The molecule has 4 fully saturated rings. The molecule has 8 unspecified atom stereocenters. The zero-order valence-corrected chi connectivity index (χ0v) is 20.4. The minimum Gasteiger partial charge on any atom is -0.390 e. The Morgan fingerprint density at radius 3 is 2.45 bits per heavy atom. The normalized spacial score (nSPS) is 48.6. The molecule has 0 spiro atoms. The topological polar surface area (TPSA) is 98.1 Å². The van der Waals surface area contributed by atoms with Gasteiger partial charge in [0.05, 0.1) is 24.4 Å². The molecular weight excluding hydrogens is 418 g/mol. The molecule has 6 nitrogen and oxygen atoms in total. The highest BCUT2D eigenvalue weighted by Crippen LogP contribution is 2.67. The standard InChI is InChI=1S/C27H41NO5/c1-16-6-10-28(11-7-16)15-24(32)18-5-9-27(33)19-12-21(29)20-13-22(30)23(31)14-25(20,2)17(19)4-8-26(18,27)3/h12,16-18,20,22-23,30-31,33H,4-11,13-15H2,1-3H3. The third-order valence-electron chi connectivity index (χ3n) is 10.8. The first-order chi connectivity index (χ1) is 15.5. The molecule has 3 N–H and O–H groups in total. The number of likely N-dealkylation sites (tertiary alicyclic amines) is 1. The Labute approximate surface area is 197 Å². The lowest BCUT2D eigenvalue weighted by Gasteiger charge is -2.59. The van der Waals surface area contributed by atoms with Crippen molar-refractivity contribution in [2.75, 3.05) is 19.6 Å². The number of allylic oxidation sites excluding steroid dienone is 1. The second kappa shape index (κ2) is 7.97. The van der Waals surface area contributed by atoms with Crippen LogP contribution in [0.25, 0.3) is 0 Å². The molecule has 0 aromatic heterocycles. The smallest absolute Gasteiger partial charge is 0.159 e. The van der Waals surface area contributed by atoms with Crippen LogP contribution in [-0.4, -0.2) is 69.2 Å². The van der Waals surface area contributed by atoms with Crippen molar-refractivity contribution in [2.24, 2.45) is 34.5 Å². The van der Waals surface area contributed by atoms with Crippen LogP contribution in [0.15, 0.2) is 11.6 Å². The van der Waals surface area contributed by atoms with Gasteiger partial charge < -0.3 is 15.3 Å². The summed E-state index contributed by atoms with van der Waals surface area (Å²) in [6, 6.07) is 0. The Bertz CT molecular complexity index is 863. The average Bonchev–Trinajstić information content (AvgIpc) is 3.04. The number of aliphatic hydroxyl groups is 3. The van der Waals surface area contributed by atoms with Crippen LogP contribution < -0.4 is 0 Å². The second-order valence-corrected chi connectivity index (χ2v) is 12.5. The minimum atomic E-state index is -1.16. The zero-order chi connectivity index (χ0) is 23.8. The van der Waals surface area contributed by atoms with Crippen molar-refractivity contribution in [1.82, 2.24) is 4.90 Å². The van der Waals surface area contributed by atoms with E-state index >= 15 is 0 Å². The highest BCUT2D eigenvalue weighted by molar-refractivity contribution is 5.95. The Kier molecular flexibility index (Phi) is 5.71. The van der Waals surface area contributed by atoms with Gasteiger partial charge in [0.1, 0.15) is 0 Å². The van der Waals surface area contributed by atoms with Crippen LogP contribution in [0.1, 0.15) is 72.1 Å². The van der Waals surface area contributed by atoms with E-state index in [-0.39, 0.29) is 35.7 Å². The predicted octanol–water partition coefficient (Wildman–Crippen LogP) is 2.49. The van der Waals surface area contributed by atoms with Gasteiger partial charge in [-0.15, -0.1) is 0 Å². The molecule has 5 aliphatic rings. The fourth-order valence-electron chi connectivity index (χ4n) is 8.44. The maximum atomic E-state index is 13.5. The summed E-state index contributed by atoms with van der Waals surface area (Å²) >= 11 is 0. The lowest BCUT2D eigenvalue weighted by atomic mass is 9.46. The van der Waals surface area contributed by atoms with E-state index in [1.807, 2.05) is 0 Å². The third-order valence-corrected chi connectivity index (χ3v) is 10.8. The third kappa shape index (κ3) is 3.42. The van der Waals surface area contributed by atoms with Gasteiger partial charge in [0.2, 0.25) is 0 Å². The van der Waals surface area contributed by atoms with E-state index in [9.17, 15) is 24.9 Å². The molecule has 1 aliphatic heterocycles. The van der Waals surface area contributed by atoms with Crippen LogP contribution in [0.4, 0.5) is 0 Å². The number of fused-ring (bicyclic) bond motifs is 5. The molecule has 0 aromatic carbocycles. The molecule has 0 radical (unpaired) electrons. The van der Waals surface area contributed by atoms with Gasteiger partial charge in [-0.25, -0.2) is 0 Å². The van der Waals surface area contributed by atoms with Crippen molar-refractivity contribution in [1.29, 1.82) is 0 Å². The van der Waals surface area contributed by atoms with Crippen molar-refractivity contribution in [3.8, 4) is 0 Å². The van der Waals surface area contributed by atoms with E-state index in [0.29, 0.717) is 25.8 Å². The number of ketones is 2. The quantitative estimate of drug-likeness (QED) is 0.600. The van der Waals surface area contributed by atoms with Crippen LogP contribution >= 0.6 is 0 Å². The molecule has 6 heteroatoms. The first-order valence-corrected chi connectivity index (χ1v) is 13.1. The Balaban J connectivity index is 1.41.